The summed E-state index contributed by atoms with van der Waals surface area (Å²) >= 11 is 11.9. The van der Waals surface area contributed by atoms with Gasteiger partial charge in [0.15, 0.2) is 0 Å². The van der Waals surface area contributed by atoms with Crippen molar-refractivity contribution in [1.29, 1.82) is 0 Å². The average molecular weight is 302 g/mol. The number of benzene rings is 1. The van der Waals surface area contributed by atoms with Crippen LogP contribution in [0.15, 0.2) is 18.2 Å². The molecule has 19 heavy (non-hydrogen) atoms. The Hall–Kier alpha value is -0.970. The number of urea groups is 1. The molecule has 1 N–H and O–H groups in total. The number of anilines is 1. The molecule has 0 unspecified atom stereocenters. The van der Waals surface area contributed by atoms with Crippen LogP contribution in [0.1, 0.15) is 6.92 Å². The summed E-state index contributed by atoms with van der Waals surface area (Å²) in [5.41, 5.74) is 0.553. The fourth-order valence-corrected chi connectivity index (χ4v) is 2.39. The van der Waals surface area contributed by atoms with E-state index in [1.165, 1.54) is 0 Å². The van der Waals surface area contributed by atoms with Gasteiger partial charge >= 0.3 is 6.03 Å². The topological polar surface area (TPSA) is 35.6 Å². The lowest BCUT2D eigenvalue weighted by molar-refractivity contribution is 0.151. The Morgan fingerprint density at radius 3 is 2.58 bits per heavy atom. The maximum atomic E-state index is 12.1. The Kier molecular flexibility index (Phi) is 4.91. The van der Waals surface area contributed by atoms with Crippen molar-refractivity contribution in [3.8, 4) is 0 Å². The summed E-state index contributed by atoms with van der Waals surface area (Å²) in [6, 6.07) is 4.90. The molecular weight excluding hydrogens is 285 g/mol. The second-order valence-electron chi connectivity index (χ2n) is 4.48. The second kappa shape index (κ2) is 6.46. The van der Waals surface area contributed by atoms with E-state index in [4.69, 9.17) is 23.2 Å². The number of halogens is 2. The van der Waals surface area contributed by atoms with Crippen molar-refractivity contribution in [2.45, 2.75) is 6.92 Å². The van der Waals surface area contributed by atoms with Crippen LogP contribution in [0.3, 0.4) is 0 Å². The maximum absolute atomic E-state index is 12.1. The van der Waals surface area contributed by atoms with E-state index in [1.807, 2.05) is 0 Å². The summed E-state index contributed by atoms with van der Waals surface area (Å²) in [6.45, 7) is 6.44. The first-order valence-electron chi connectivity index (χ1n) is 6.33. The van der Waals surface area contributed by atoms with Crippen molar-refractivity contribution in [3.05, 3.63) is 28.2 Å². The van der Waals surface area contributed by atoms with Gasteiger partial charge in [-0.05, 0) is 24.7 Å². The van der Waals surface area contributed by atoms with E-state index in [9.17, 15) is 4.79 Å². The summed E-state index contributed by atoms with van der Waals surface area (Å²) in [7, 11) is 0. The van der Waals surface area contributed by atoms with Gasteiger partial charge in [0, 0.05) is 31.2 Å². The third-order valence-electron chi connectivity index (χ3n) is 3.28. The summed E-state index contributed by atoms with van der Waals surface area (Å²) in [5.74, 6) is 0. The summed E-state index contributed by atoms with van der Waals surface area (Å²) in [6.07, 6.45) is 0. The van der Waals surface area contributed by atoms with Crippen LogP contribution in [0, 0.1) is 0 Å². The molecule has 2 amide bonds. The number of nitrogens with one attached hydrogen (secondary N) is 1. The quantitative estimate of drug-likeness (QED) is 0.911. The molecule has 1 fully saturated rings. The number of likely N-dealkylation sites (N-methyl/N-ethyl adjacent to an activating group) is 1. The van der Waals surface area contributed by atoms with Crippen molar-refractivity contribution in [1.82, 2.24) is 9.80 Å². The van der Waals surface area contributed by atoms with Crippen molar-refractivity contribution >= 4 is 34.9 Å². The van der Waals surface area contributed by atoms with E-state index in [1.54, 1.807) is 23.1 Å². The Bertz CT molecular complexity index is 459. The number of piperazine rings is 1. The summed E-state index contributed by atoms with van der Waals surface area (Å²) in [4.78, 5) is 16.2. The first kappa shape index (κ1) is 14.4. The molecule has 4 nitrogen and oxygen atoms in total. The Labute approximate surface area is 123 Å². The summed E-state index contributed by atoms with van der Waals surface area (Å²) in [5, 5.41) is 3.85. The first-order valence-corrected chi connectivity index (χ1v) is 7.09. The number of carbonyl (C=O) groups excluding carboxylic acids is 1. The van der Waals surface area contributed by atoms with E-state index in [2.05, 4.69) is 17.1 Å². The predicted octanol–water partition coefficient (Wildman–Crippen LogP) is 3.16. The Balaban J connectivity index is 1.96. The smallest absolute Gasteiger partial charge is 0.321 e. The molecule has 1 aliphatic heterocycles. The molecular formula is C13H17Cl2N3O. The molecule has 0 aromatic heterocycles. The lowest BCUT2D eigenvalue weighted by Gasteiger charge is -2.34. The SMILES string of the molecule is CCN1CCN(C(=O)Nc2cc(Cl)ccc2Cl)CC1. The van der Waals surface area contributed by atoms with E-state index < -0.39 is 0 Å². The molecule has 1 aromatic rings. The number of carbonyl (C=O) groups is 1. The van der Waals surface area contributed by atoms with Gasteiger partial charge in [-0.1, -0.05) is 30.1 Å². The van der Waals surface area contributed by atoms with Crippen LogP contribution in [-0.2, 0) is 0 Å². The number of rotatable bonds is 2. The highest BCUT2D eigenvalue weighted by atomic mass is 35.5. The van der Waals surface area contributed by atoms with E-state index in [0.717, 1.165) is 32.7 Å². The van der Waals surface area contributed by atoms with Gasteiger partial charge in [0.1, 0.15) is 0 Å². The van der Waals surface area contributed by atoms with Gasteiger partial charge in [-0.2, -0.15) is 0 Å². The molecule has 0 aliphatic carbocycles. The molecule has 1 heterocycles. The Morgan fingerprint density at radius 2 is 1.95 bits per heavy atom. The zero-order valence-corrected chi connectivity index (χ0v) is 12.3. The van der Waals surface area contributed by atoms with Gasteiger partial charge in [0.2, 0.25) is 0 Å². The van der Waals surface area contributed by atoms with Crippen LogP contribution in [0.2, 0.25) is 10.0 Å². The molecule has 6 heteroatoms. The van der Waals surface area contributed by atoms with Gasteiger partial charge in [-0.25, -0.2) is 4.79 Å². The fourth-order valence-electron chi connectivity index (χ4n) is 2.05. The number of hydrogen-bond donors (Lipinski definition) is 1. The van der Waals surface area contributed by atoms with Gasteiger partial charge in [0.25, 0.3) is 0 Å². The third-order valence-corrected chi connectivity index (χ3v) is 3.84. The highest BCUT2D eigenvalue weighted by Crippen LogP contribution is 2.25. The lowest BCUT2D eigenvalue weighted by atomic mass is 10.3. The molecule has 0 atom stereocenters. The fraction of sp³-hybridized carbons (Fsp3) is 0.462. The van der Waals surface area contributed by atoms with Crippen LogP contribution in [-0.4, -0.2) is 48.6 Å². The number of amides is 2. The minimum absolute atomic E-state index is 0.125. The number of nitrogens with zero attached hydrogens (tertiary/aromatic N) is 2. The first-order chi connectivity index (χ1) is 9.10. The lowest BCUT2D eigenvalue weighted by Crippen LogP contribution is -2.49. The minimum atomic E-state index is -0.125. The molecule has 0 radical (unpaired) electrons. The zero-order chi connectivity index (χ0) is 13.8. The molecule has 104 valence electrons. The van der Waals surface area contributed by atoms with Gasteiger partial charge < -0.3 is 15.1 Å². The maximum Gasteiger partial charge on any atom is 0.321 e. The minimum Gasteiger partial charge on any atom is -0.322 e. The molecule has 2 rings (SSSR count). The monoisotopic (exact) mass is 301 g/mol. The highest BCUT2D eigenvalue weighted by molar-refractivity contribution is 6.35. The second-order valence-corrected chi connectivity index (χ2v) is 5.32. The molecule has 1 saturated heterocycles. The van der Waals surface area contributed by atoms with Crippen molar-refractivity contribution in [2.24, 2.45) is 0 Å². The van der Waals surface area contributed by atoms with Crippen LogP contribution >= 0.6 is 23.2 Å². The van der Waals surface area contributed by atoms with Crippen LogP contribution in [0.5, 0.6) is 0 Å². The summed E-state index contributed by atoms with van der Waals surface area (Å²) < 4.78 is 0. The Morgan fingerprint density at radius 1 is 1.26 bits per heavy atom. The van der Waals surface area contributed by atoms with E-state index >= 15 is 0 Å². The van der Waals surface area contributed by atoms with Crippen molar-refractivity contribution in [2.75, 3.05) is 38.0 Å². The van der Waals surface area contributed by atoms with Crippen LogP contribution in [0.25, 0.3) is 0 Å². The van der Waals surface area contributed by atoms with Crippen LogP contribution in [0.4, 0.5) is 10.5 Å². The van der Waals surface area contributed by atoms with E-state index in [-0.39, 0.29) is 6.03 Å². The molecule has 0 spiro atoms. The molecule has 1 aromatic carbocycles. The standard InChI is InChI=1S/C13H17Cl2N3O/c1-2-17-5-7-18(8-6-17)13(19)16-12-9-10(14)3-4-11(12)15/h3-4,9H,2,5-8H2,1H3,(H,16,19). The zero-order valence-electron chi connectivity index (χ0n) is 10.8. The molecule has 0 saturated carbocycles. The van der Waals surface area contributed by atoms with Crippen LogP contribution < -0.4 is 5.32 Å². The van der Waals surface area contributed by atoms with E-state index in [0.29, 0.717) is 15.7 Å². The largest absolute Gasteiger partial charge is 0.322 e. The van der Waals surface area contributed by atoms with Gasteiger partial charge in [0.05, 0.1) is 10.7 Å². The van der Waals surface area contributed by atoms with Crippen molar-refractivity contribution in [3.63, 3.8) is 0 Å². The molecule has 0 bridgehead atoms. The number of hydrogen-bond acceptors (Lipinski definition) is 2. The third kappa shape index (κ3) is 3.75. The van der Waals surface area contributed by atoms with Crippen molar-refractivity contribution < 1.29 is 4.79 Å². The van der Waals surface area contributed by atoms with Gasteiger partial charge in [-0.15, -0.1) is 0 Å². The highest BCUT2D eigenvalue weighted by Gasteiger charge is 2.20. The average Bonchev–Trinajstić information content (AvgIpc) is 2.43. The normalized spacial score (nSPS) is 16.5. The molecule has 1 aliphatic rings. The predicted molar refractivity (Wildman–Crippen MR) is 79.2 cm³/mol. The van der Waals surface area contributed by atoms with Gasteiger partial charge in [-0.3, -0.25) is 0 Å².